The van der Waals surface area contributed by atoms with E-state index in [0.717, 1.165) is 11.1 Å². The molecule has 0 saturated carbocycles. The summed E-state index contributed by atoms with van der Waals surface area (Å²) in [7, 11) is 0. The van der Waals surface area contributed by atoms with Crippen molar-refractivity contribution >= 4 is 0 Å². The normalized spacial score (nSPS) is 21.4. The van der Waals surface area contributed by atoms with E-state index in [1.165, 1.54) is 12.1 Å². The van der Waals surface area contributed by atoms with Gasteiger partial charge in [-0.1, -0.05) is 36.4 Å². The van der Waals surface area contributed by atoms with Gasteiger partial charge in [0.25, 0.3) is 0 Å². The molecule has 92 valence electrons. The summed E-state index contributed by atoms with van der Waals surface area (Å²) in [5.74, 6) is 0.318. The molecule has 18 heavy (non-hydrogen) atoms. The van der Waals surface area contributed by atoms with Gasteiger partial charge in [0.15, 0.2) is 5.60 Å². The highest BCUT2D eigenvalue weighted by Crippen LogP contribution is 2.41. The van der Waals surface area contributed by atoms with E-state index in [2.05, 4.69) is 0 Å². The zero-order valence-corrected chi connectivity index (χ0v) is 9.90. The maximum atomic E-state index is 13.2. The maximum absolute atomic E-state index is 13.2. The van der Waals surface area contributed by atoms with E-state index in [4.69, 9.17) is 10.5 Å². The molecule has 0 radical (unpaired) electrons. The number of benzene rings is 2. The predicted molar refractivity (Wildman–Crippen MR) is 67.9 cm³/mol. The van der Waals surface area contributed by atoms with Crippen LogP contribution in [0.4, 0.5) is 4.39 Å². The zero-order chi connectivity index (χ0) is 12.6. The zero-order valence-electron chi connectivity index (χ0n) is 9.90. The van der Waals surface area contributed by atoms with Crippen LogP contribution in [0.5, 0.6) is 5.75 Å². The molecule has 1 aliphatic rings. The van der Waals surface area contributed by atoms with Gasteiger partial charge < -0.3 is 10.5 Å². The van der Waals surface area contributed by atoms with Crippen molar-refractivity contribution in [3.8, 4) is 5.75 Å². The van der Waals surface area contributed by atoms with Gasteiger partial charge in [0, 0.05) is 19.0 Å². The number of fused-ring (bicyclic) bond motifs is 1. The van der Waals surface area contributed by atoms with Crippen LogP contribution in [0.1, 0.15) is 11.1 Å². The number of rotatable bonds is 2. The number of hydrogen-bond donors (Lipinski definition) is 1. The Morgan fingerprint density at radius 1 is 1.17 bits per heavy atom. The molecule has 0 saturated heterocycles. The second-order valence-corrected chi connectivity index (χ2v) is 4.60. The molecule has 1 heterocycles. The van der Waals surface area contributed by atoms with Crippen LogP contribution in [0.15, 0.2) is 48.5 Å². The molecule has 3 heteroatoms. The van der Waals surface area contributed by atoms with Crippen LogP contribution in [0.2, 0.25) is 0 Å². The van der Waals surface area contributed by atoms with Crippen molar-refractivity contribution in [3.63, 3.8) is 0 Å². The third-order valence-electron chi connectivity index (χ3n) is 3.44. The third-order valence-corrected chi connectivity index (χ3v) is 3.44. The largest absolute Gasteiger partial charge is 0.480 e. The highest BCUT2D eigenvalue weighted by molar-refractivity contribution is 5.43. The van der Waals surface area contributed by atoms with E-state index < -0.39 is 5.60 Å². The first-order valence-electron chi connectivity index (χ1n) is 5.96. The van der Waals surface area contributed by atoms with E-state index in [-0.39, 0.29) is 5.82 Å². The molecule has 0 aliphatic carbocycles. The van der Waals surface area contributed by atoms with Crippen LogP contribution in [-0.2, 0) is 12.0 Å². The Kier molecular flexibility index (Phi) is 2.56. The van der Waals surface area contributed by atoms with E-state index in [1.54, 1.807) is 6.07 Å². The average molecular weight is 243 g/mol. The van der Waals surface area contributed by atoms with Gasteiger partial charge in [-0.3, -0.25) is 0 Å². The van der Waals surface area contributed by atoms with Crippen LogP contribution in [0, 0.1) is 5.82 Å². The fraction of sp³-hybridized carbons (Fsp3) is 0.200. The van der Waals surface area contributed by atoms with Crippen LogP contribution >= 0.6 is 0 Å². The first kappa shape index (κ1) is 11.2. The first-order chi connectivity index (χ1) is 8.73. The smallest absolute Gasteiger partial charge is 0.150 e. The molecular formula is C15H14FNO. The van der Waals surface area contributed by atoms with Crippen molar-refractivity contribution in [2.45, 2.75) is 12.0 Å². The van der Waals surface area contributed by atoms with Gasteiger partial charge in [0.2, 0.25) is 0 Å². The third kappa shape index (κ3) is 1.68. The Balaban J connectivity index is 2.03. The van der Waals surface area contributed by atoms with E-state index in [0.29, 0.717) is 18.7 Å². The van der Waals surface area contributed by atoms with Gasteiger partial charge in [-0.25, -0.2) is 4.39 Å². The Hall–Kier alpha value is -1.87. The van der Waals surface area contributed by atoms with Gasteiger partial charge in [-0.05, 0) is 17.2 Å². The van der Waals surface area contributed by atoms with Gasteiger partial charge in [0.1, 0.15) is 11.6 Å². The highest BCUT2D eigenvalue weighted by Gasteiger charge is 2.39. The van der Waals surface area contributed by atoms with E-state index >= 15 is 0 Å². The monoisotopic (exact) mass is 243 g/mol. The summed E-state index contributed by atoms with van der Waals surface area (Å²) in [6.07, 6.45) is 0.684. The molecule has 2 N–H and O–H groups in total. The lowest BCUT2D eigenvalue weighted by molar-refractivity contribution is 0.103. The van der Waals surface area contributed by atoms with Crippen LogP contribution in [-0.4, -0.2) is 6.54 Å². The Morgan fingerprint density at radius 2 is 1.94 bits per heavy atom. The average Bonchev–Trinajstić information content (AvgIpc) is 2.79. The summed E-state index contributed by atoms with van der Waals surface area (Å²) in [5, 5.41) is 0. The Morgan fingerprint density at radius 3 is 2.67 bits per heavy atom. The second kappa shape index (κ2) is 4.10. The summed E-state index contributed by atoms with van der Waals surface area (Å²) < 4.78 is 19.2. The molecule has 1 atom stereocenters. The van der Waals surface area contributed by atoms with Crippen LogP contribution < -0.4 is 10.5 Å². The van der Waals surface area contributed by atoms with Crippen molar-refractivity contribution < 1.29 is 9.13 Å². The van der Waals surface area contributed by atoms with Crippen LogP contribution in [0.3, 0.4) is 0 Å². The summed E-state index contributed by atoms with van der Waals surface area (Å²) in [5.41, 5.74) is 7.38. The molecule has 2 nitrogen and oxygen atoms in total. The van der Waals surface area contributed by atoms with E-state index in [9.17, 15) is 4.39 Å². The summed E-state index contributed by atoms with van der Waals surface area (Å²) >= 11 is 0. The lowest BCUT2D eigenvalue weighted by Gasteiger charge is -2.27. The topological polar surface area (TPSA) is 35.2 Å². The number of ether oxygens (including phenoxy) is 1. The molecule has 0 amide bonds. The minimum absolute atomic E-state index is 0.283. The summed E-state index contributed by atoms with van der Waals surface area (Å²) in [6, 6.07) is 14.5. The Labute approximate surface area is 105 Å². The van der Waals surface area contributed by atoms with Crippen molar-refractivity contribution in [2.24, 2.45) is 5.73 Å². The predicted octanol–water partition coefficient (Wildman–Crippen LogP) is 2.61. The molecule has 2 aromatic rings. The molecule has 3 rings (SSSR count). The lowest BCUT2D eigenvalue weighted by atomic mass is 9.89. The van der Waals surface area contributed by atoms with Gasteiger partial charge in [0.05, 0.1) is 0 Å². The quantitative estimate of drug-likeness (QED) is 0.880. The fourth-order valence-electron chi connectivity index (χ4n) is 2.46. The minimum atomic E-state index is -0.558. The lowest BCUT2D eigenvalue weighted by Crippen LogP contribution is -2.39. The SMILES string of the molecule is NCC1(c2ccccc2)Cc2ccc(F)cc2O1. The van der Waals surface area contributed by atoms with Crippen molar-refractivity contribution in [3.05, 3.63) is 65.5 Å². The number of nitrogens with two attached hydrogens (primary N) is 1. The summed E-state index contributed by atoms with van der Waals surface area (Å²) in [4.78, 5) is 0. The number of hydrogen-bond acceptors (Lipinski definition) is 2. The van der Waals surface area contributed by atoms with Crippen LogP contribution in [0.25, 0.3) is 0 Å². The van der Waals surface area contributed by atoms with Gasteiger partial charge >= 0.3 is 0 Å². The van der Waals surface area contributed by atoms with Crippen molar-refractivity contribution in [1.29, 1.82) is 0 Å². The summed E-state index contributed by atoms with van der Waals surface area (Å²) in [6.45, 7) is 0.368. The fourth-order valence-corrected chi connectivity index (χ4v) is 2.46. The van der Waals surface area contributed by atoms with Crippen molar-refractivity contribution in [1.82, 2.24) is 0 Å². The molecule has 1 unspecified atom stereocenters. The molecule has 0 bridgehead atoms. The van der Waals surface area contributed by atoms with Gasteiger partial charge in [-0.15, -0.1) is 0 Å². The molecule has 0 fully saturated rings. The number of halogens is 1. The van der Waals surface area contributed by atoms with Gasteiger partial charge in [-0.2, -0.15) is 0 Å². The molecule has 0 spiro atoms. The molecular weight excluding hydrogens is 229 g/mol. The molecule has 0 aromatic heterocycles. The maximum Gasteiger partial charge on any atom is 0.150 e. The first-order valence-corrected chi connectivity index (χ1v) is 5.96. The minimum Gasteiger partial charge on any atom is -0.480 e. The molecule has 1 aliphatic heterocycles. The van der Waals surface area contributed by atoms with Crippen molar-refractivity contribution in [2.75, 3.05) is 6.54 Å². The molecule has 2 aromatic carbocycles. The second-order valence-electron chi connectivity index (χ2n) is 4.60. The highest BCUT2D eigenvalue weighted by atomic mass is 19.1. The standard InChI is InChI=1S/C15H14FNO/c16-13-7-6-11-9-15(10-17,18-14(11)8-13)12-4-2-1-3-5-12/h1-8H,9-10,17H2. The van der Waals surface area contributed by atoms with E-state index in [1.807, 2.05) is 30.3 Å². The Bertz CT molecular complexity index is 570.